The number of para-hydroxylation sites is 1. The first-order valence-corrected chi connectivity index (χ1v) is 7.02. The molecule has 108 valence electrons. The number of H-pyrrole nitrogens is 1. The van der Waals surface area contributed by atoms with Gasteiger partial charge in [-0.3, -0.25) is 4.79 Å². The highest BCUT2D eigenvalue weighted by Gasteiger charge is 2.12. The number of aliphatic carboxylic acids is 1. The maximum Gasteiger partial charge on any atom is 0.306 e. The smallest absolute Gasteiger partial charge is 0.306 e. The summed E-state index contributed by atoms with van der Waals surface area (Å²) in [5.41, 5.74) is 2.10. The number of ether oxygens (including phenoxy) is 1. The molecule has 0 saturated carbocycles. The van der Waals surface area contributed by atoms with Crippen LogP contribution in [0.15, 0.2) is 42.5 Å². The fraction of sp³-hybridized carbons (Fsp3) is 0.235. The average molecular weight is 283 g/mol. The molecule has 3 rings (SSSR count). The van der Waals surface area contributed by atoms with Crippen molar-refractivity contribution in [3.05, 3.63) is 42.5 Å². The molecule has 0 aliphatic heterocycles. The van der Waals surface area contributed by atoms with Gasteiger partial charge in [-0.1, -0.05) is 31.2 Å². The third-order valence-electron chi connectivity index (χ3n) is 3.72. The lowest BCUT2D eigenvalue weighted by Gasteiger charge is -2.09. The van der Waals surface area contributed by atoms with Crippen molar-refractivity contribution in [3.8, 4) is 5.75 Å². The molecule has 2 N–H and O–H groups in total. The van der Waals surface area contributed by atoms with E-state index in [2.05, 4.69) is 11.1 Å². The predicted octanol–water partition coefficient (Wildman–Crippen LogP) is 3.81. The van der Waals surface area contributed by atoms with E-state index in [1.165, 1.54) is 0 Å². The van der Waals surface area contributed by atoms with Crippen molar-refractivity contribution in [1.82, 2.24) is 4.98 Å². The van der Waals surface area contributed by atoms with Crippen LogP contribution in [0.1, 0.15) is 13.3 Å². The molecule has 0 aliphatic rings. The number of benzene rings is 2. The summed E-state index contributed by atoms with van der Waals surface area (Å²) in [5.74, 6) is -0.390. The Morgan fingerprint density at radius 2 is 1.95 bits per heavy atom. The van der Waals surface area contributed by atoms with Crippen molar-refractivity contribution < 1.29 is 14.6 Å². The number of carboxylic acids is 1. The zero-order valence-electron chi connectivity index (χ0n) is 11.8. The summed E-state index contributed by atoms with van der Waals surface area (Å²) in [6.07, 6.45) is 0.494. The molecule has 3 aromatic rings. The molecule has 1 aromatic heterocycles. The SMILES string of the molecule is CC(CCOc1cccc2[nH]c3ccccc3c12)C(=O)O. The largest absolute Gasteiger partial charge is 0.493 e. The highest BCUT2D eigenvalue weighted by molar-refractivity contribution is 6.10. The number of carbonyl (C=O) groups is 1. The van der Waals surface area contributed by atoms with E-state index in [1.54, 1.807) is 6.92 Å². The minimum atomic E-state index is -0.788. The van der Waals surface area contributed by atoms with Crippen LogP contribution in [0, 0.1) is 5.92 Å². The number of hydrogen-bond donors (Lipinski definition) is 2. The Balaban J connectivity index is 1.90. The Labute approximate surface area is 122 Å². The third kappa shape index (κ3) is 2.57. The van der Waals surface area contributed by atoms with Crippen molar-refractivity contribution in [2.24, 2.45) is 5.92 Å². The first-order valence-electron chi connectivity index (χ1n) is 7.02. The van der Waals surface area contributed by atoms with E-state index in [4.69, 9.17) is 9.84 Å². The molecule has 0 radical (unpaired) electrons. The van der Waals surface area contributed by atoms with E-state index in [0.717, 1.165) is 27.6 Å². The first-order chi connectivity index (χ1) is 10.2. The summed E-state index contributed by atoms with van der Waals surface area (Å²) in [6.45, 7) is 2.09. The van der Waals surface area contributed by atoms with Crippen LogP contribution in [0.3, 0.4) is 0 Å². The maximum absolute atomic E-state index is 10.8. The number of carboxylic acid groups (broad SMARTS) is 1. The molecule has 2 aromatic carbocycles. The van der Waals surface area contributed by atoms with Gasteiger partial charge in [0.2, 0.25) is 0 Å². The summed E-state index contributed by atoms with van der Waals surface area (Å²) < 4.78 is 5.82. The minimum Gasteiger partial charge on any atom is -0.493 e. The lowest BCUT2D eigenvalue weighted by atomic mass is 10.1. The van der Waals surface area contributed by atoms with E-state index in [0.29, 0.717) is 13.0 Å². The average Bonchev–Trinajstić information content (AvgIpc) is 2.86. The highest BCUT2D eigenvalue weighted by atomic mass is 16.5. The second-order valence-electron chi connectivity index (χ2n) is 5.23. The van der Waals surface area contributed by atoms with Gasteiger partial charge in [-0.25, -0.2) is 0 Å². The van der Waals surface area contributed by atoms with E-state index < -0.39 is 11.9 Å². The van der Waals surface area contributed by atoms with Crippen molar-refractivity contribution >= 4 is 27.8 Å². The summed E-state index contributed by atoms with van der Waals surface area (Å²) >= 11 is 0. The van der Waals surface area contributed by atoms with Gasteiger partial charge in [0.05, 0.1) is 18.0 Å². The normalized spacial score (nSPS) is 12.6. The first kappa shape index (κ1) is 13.5. The highest BCUT2D eigenvalue weighted by Crippen LogP contribution is 2.33. The number of fused-ring (bicyclic) bond motifs is 3. The molecule has 0 bridgehead atoms. The minimum absolute atomic E-state index is 0.395. The topological polar surface area (TPSA) is 62.3 Å². The van der Waals surface area contributed by atoms with E-state index >= 15 is 0 Å². The van der Waals surface area contributed by atoms with Crippen LogP contribution >= 0.6 is 0 Å². The molecule has 0 saturated heterocycles. The Bertz CT molecular complexity index is 791. The third-order valence-corrected chi connectivity index (χ3v) is 3.72. The van der Waals surface area contributed by atoms with E-state index in [1.807, 2.05) is 36.4 Å². The number of aromatic nitrogens is 1. The van der Waals surface area contributed by atoms with Gasteiger partial charge in [-0.2, -0.15) is 0 Å². The summed E-state index contributed by atoms with van der Waals surface area (Å²) in [4.78, 5) is 14.2. The molecule has 1 atom stereocenters. The van der Waals surface area contributed by atoms with Crippen LogP contribution in [0.2, 0.25) is 0 Å². The van der Waals surface area contributed by atoms with Gasteiger partial charge in [0.25, 0.3) is 0 Å². The molecule has 4 heteroatoms. The monoisotopic (exact) mass is 283 g/mol. The fourth-order valence-corrected chi connectivity index (χ4v) is 2.46. The number of rotatable bonds is 5. The fourth-order valence-electron chi connectivity index (χ4n) is 2.46. The van der Waals surface area contributed by atoms with Crippen LogP contribution in [0.5, 0.6) is 5.75 Å². The van der Waals surface area contributed by atoms with Gasteiger partial charge in [0.15, 0.2) is 0 Å². The molecule has 21 heavy (non-hydrogen) atoms. The lowest BCUT2D eigenvalue weighted by Crippen LogP contribution is -2.13. The van der Waals surface area contributed by atoms with Crippen molar-refractivity contribution in [2.45, 2.75) is 13.3 Å². The summed E-state index contributed by atoms with van der Waals surface area (Å²) in [7, 11) is 0. The molecule has 0 amide bonds. The molecule has 1 unspecified atom stereocenters. The maximum atomic E-state index is 10.8. The Kier molecular flexibility index (Phi) is 3.52. The zero-order valence-corrected chi connectivity index (χ0v) is 11.8. The summed E-state index contributed by atoms with van der Waals surface area (Å²) in [6, 6.07) is 14.0. The molecule has 4 nitrogen and oxygen atoms in total. The van der Waals surface area contributed by atoms with Gasteiger partial charge >= 0.3 is 5.97 Å². The Morgan fingerprint density at radius 1 is 1.19 bits per heavy atom. The van der Waals surface area contributed by atoms with Gasteiger partial charge in [-0.05, 0) is 24.6 Å². The molecule has 0 spiro atoms. The van der Waals surface area contributed by atoms with Gasteiger partial charge in [0, 0.05) is 16.3 Å². The van der Waals surface area contributed by atoms with Crippen LogP contribution < -0.4 is 4.74 Å². The second kappa shape index (κ2) is 5.48. The Hall–Kier alpha value is -2.49. The Morgan fingerprint density at radius 3 is 2.76 bits per heavy atom. The van der Waals surface area contributed by atoms with Crippen LogP contribution in [0.25, 0.3) is 21.8 Å². The van der Waals surface area contributed by atoms with Gasteiger partial charge in [0.1, 0.15) is 5.75 Å². The van der Waals surface area contributed by atoms with Crippen LogP contribution in [-0.2, 0) is 4.79 Å². The van der Waals surface area contributed by atoms with Crippen LogP contribution in [-0.4, -0.2) is 22.7 Å². The number of aromatic amines is 1. The molecular formula is C17H17NO3. The van der Waals surface area contributed by atoms with Gasteiger partial charge < -0.3 is 14.8 Å². The quantitative estimate of drug-likeness (QED) is 0.748. The number of nitrogens with one attached hydrogen (secondary N) is 1. The van der Waals surface area contributed by atoms with E-state index in [-0.39, 0.29) is 0 Å². The van der Waals surface area contributed by atoms with Crippen molar-refractivity contribution in [1.29, 1.82) is 0 Å². The standard InChI is InChI=1S/C17H17NO3/c1-11(17(19)20)9-10-21-15-8-4-7-14-16(15)12-5-2-3-6-13(12)18-14/h2-8,11,18H,9-10H2,1H3,(H,19,20). The van der Waals surface area contributed by atoms with Gasteiger partial charge in [-0.15, -0.1) is 0 Å². The predicted molar refractivity (Wildman–Crippen MR) is 82.7 cm³/mol. The zero-order chi connectivity index (χ0) is 14.8. The molecule has 0 aliphatic carbocycles. The molecular weight excluding hydrogens is 266 g/mol. The van der Waals surface area contributed by atoms with Crippen molar-refractivity contribution in [2.75, 3.05) is 6.61 Å². The summed E-state index contributed by atoms with van der Waals surface area (Å²) in [5, 5.41) is 11.1. The van der Waals surface area contributed by atoms with E-state index in [9.17, 15) is 4.79 Å². The van der Waals surface area contributed by atoms with Crippen molar-refractivity contribution in [3.63, 3.8) is 0 Å². The van der Waals surface area contributed by atoms with Crippen LogP contribution in [0.4, 0.5) is 0 Å². The molecule has 1 heterocycles. The lowest BCUT2D eigenvalue weighted by molar-refractivity contribution is -0.141. The second-order valence-corrected chi connectivity index (χ2v) is 5.23. The number of hydrogen-bond acceptors (Lipinski definition) is 2. The molecule has 0 fully saturated rings.